The second-order valence-corrected chi connectivity index (χ2v) is 4.81. The van der Waals surface area contributed by atoms with Crippen LogP contribution in [0.2, 0.25) is 0 Å². The van der Waals surface area contributed by atoms with Crippen molar-refractivity contribution in [1.82, 2.24) is 15.1 Å². The maximum Gasteiger partial charge on any atom is 0.390 e. The Labute approximate surface area is 133 Å². The molecule has 0 atom stereocenters. The molecule has 0 aliphatic rings. The monoisotopic (exact) mass is 318 g/mol. The Morgan fingerprint density at radius 3 is 2.83 bits per heavy atom. The molecule has 2 aromatic rings. The number of aromatic nitrogens is 2. The van der Waals surface area contributed by atoms with Crippen LogP contribution in [0.3, 0.4) is 0 Å². The van der Waals surface area contributed by atoms with Crippen LogP contribution in [0.4, 0.5) is 5.82 Å². The molecule has 0 aliphatic carbocycles. The Bertz CT molecular complexity index is 711. The van der Waals surface area contributed by atoms with E-state index >= 15 is 0 Å². The van der Waals surface area contributed by atoms with Gasteiger partial charge >= 0.3 is 5.82 Å². The molecule has 1 aromatic heterocycles. The SMILES string of the molecule is CCOc1ccccc1C(=O)NCCn1nc([N+](=O)[O-])cc1C. The van der Waals surface area contributed by atoms with Crippen LogP contribution < -0.4 is 10.1 Å². The highest BCUT2D eigenvalue weighted by atomic mass is 16.6. The Morgan fingerprint density at radius 2 is 2.17 bits per heavy atom. The fourth-order valence-corrected chi connectivity index (χ4v) is 2.11. The Hall–Kier alpha value is -2.90. The van der Waals surface area contributed by atoms with Crippen molar-refractivity contribution in [3.63, 3.8) is 0 Å². The fourth-order valence-electron chi connectivity index (χ4n) is 2.11. The number of ether oxygens (including phenoxy) is 1. The summed E-state index contributed by atoms with van der Waals surface area (Å²) in [6.45, 7) is 4.70. The lowest BCUT2D eigenvalue weighted by Crippen LogP contribution is -2.28. The third-order valence-corrected chi connectivity index (χ3v) is 3.20. The average molecular weight is 318 g/mol. The highest BCUT2D eigenvalue weighted by molar-refractivity contribution is 5.96. The van der Waals surface area contributed by atoms with Crippen LogP contribution in [0.5, 0.6) is 5.75 Å². The molecule has 0 spiro atoms. The minimum Gasteiger partial charge on any atom is -0.493 e. The van der Waals surface area contributed by atoms with E-state index in [4.69, 9.17) is 4.74 Å². The second-order valence-electron chi connectivity index (χ2n) is 4.81. The normalized spacial score (nSPS) is 10.3. The summed E-state index contributed by atoms with van der Waals surface area (Å²) in [6.07, 6.45) is 0. The van der Waals surface area contributed by atoms with Gasteiger partial charge in [-0.3, -0.25) is 4.79 Å². The summed E-state index contributed by atoms with van der Waals surface area (Å²) in [7, 11) is 0. The summed E-state index contributed by atoms with van der Waals surface area (Å²) in [6, 6.07) is 8.38. The molecule has 2 rings (SSSR count). The number of nitrogens with zero attached hydrogens (tertiary/aromatic N) is 3. The topological polar surface area (TPSA) is 99.3 Å². The molecule has 0 saturated carbocycles. The van der Waals surface area contributed by atoms with Gasteiger partial charge in [-0.2, -0.15) is 4.68 Å². The lowest BCUT2D eigenvalue weighted by molar-refractivity contribution is -0.389. The van der Waals surface area contributed by atoms with E-state index < -0.39 is 4.92 Å². The van der Waals surface area contributed by atoms with E-state index in [1.165, 1.54) is 10.7 Å². The van der Waals surface area contributed by atoms with Gasteiger partial charge in [0.05, 0.1) is 35.6 Å². The van der Waals surface area contributed by atoms with Crippen LogP contribution in [0, 0.1) is 17.0 Å². The highest BCUT2D eigenvalue weighted by Crippen LogP contribution is 2.17. The van der Waals surface area contributed by atoms with Crippen molar-refractivity contribution < 1.29 is 14.5 Å². The van der Waals surface area contributed by atoms with Crippen LogP contribution in [0.1, 0.15) is 23.0 Å². The summed E-state index contributed by atoms with van der Waals surface area (Å²) in [5.74, 6) is 0.0716. The molecule has 0 unspecified atom stereocenters. The van der Waals surface area contributed by atoms with Gasteiger partial charge in [-0.25, -0.2) is 0 Å². The lowest BCUT2D eigenvalue weighted by atomic mass is 10.2. The molecule has 8 heteroatoms. The van der Waals surface area contributed by atoms with Crippen molar-refractivity contribution in [2.24, 2.45) is 0 Å². The zero-order chi connectivity index (χ0) is 16.8. The van der Waals surface area contributed by atoms with Gasteiger partial charge in [0.15, 0.2) is 0 Å². The largest absolute Gasteiger partial charge is 0.493 e. The van der Waals surface area contributed by atoms with Crippen LogP contribution >= 0.6 is 0 Å². The minimum absolute atomic E-state index is 0.199. The van der Waals surface area contributed by atoms with Gasteiger partial charge in [-0.15, -0.1) is 0 Å². The zero-order valence-electron chi connectivity index (χ0n) is 13.0. The summed E-state index contributed by atoms with van der Waals surface area (Å²) in [5.41, 5.74) is 1.12. The number of hydrogen-bond donors (Lipinski definition) is 1. The van der Waals surface area contributed by atoms with Gasteiger partial charge in [0.1, 0.15) is 5.75 Å². The standard InChI is InChI=1S/C15H18N4O4/c1-3-23-13-7-5-4-6-12(13)15(20)16-8-9-18-11(2)10-14(17-18)19(21)22/h4-7,10H,3,8-9H2,1-2H3,(H,16,20). The average Bonchev–Trinajstić information content (AvgIpc) is 2.89. The van der Waals surface area contributed by atoms with Gasteiger partial charge in [0, 0.05) is 6.54 Å². The molecule has 1 amide bonds. The van der Waals surface area contributed by atoms with Crippen molar-refractivity contribution in [2.45, 2.75) is 20.4 Å². The highest BCUT2D eigenvalue weighted by Gasteiger charge is 2.16. The molecule has 23 heavy (non-hydrogen) atoms. The molecule has 8 nitrogen and oxygen atoms in total. The third kappa shape index (κ3) is 4.06. The molecule has 1 N–H and O–H groups in total. The lowest BCUT2D eigenvalue weighted by Gasteiger charge is -2.10. The number of para-hydroxylation sites is 1. The first-order chi connectivity index (χ1) is 11.0. The van der Waals surface area contributed by atoms with Gasteiger partial charge in [0.2, 0.25) is 0 Å². The first-order valence-corrected chi connectivity index (χ1v) is 7.21. The Kier molecular flexibility index (Phi) is 5.29. The number of aryl methyl sites for hydroxylation is 1. The number of amides is 1. The predicted molar refractivity (Wildman–Crippen MR) is 83.6 cm³/mol. The molecule has 0 radical (unpaired) electrons. The summed E-state index contributed by atoms with van der Waals surface area (Å²) < 4.78 is 6.91. The summed E-state index contributed by atoms with van der Waals surface area (Å²) in [4.78, 5) is 22.3. The quantitative estimate of drug-likeness (QED) is 0.621. The number of carbonyl (C=O) groups excluding carboxylic acids is 1. The molecule has 0 saturated heterocycles. The number of rotatable bonds is 7. The second kappa shape index (κ2) is 7.39. The number of carbonyl (C=O) groups is 1. The first kappa shape index (κ1) is 16.5. The third-order valence-electron chi connectivity index (χ3n) is 3.20. The van der Waals surface area contributed by atoms with E-state index in [0.717, 1.165) is 0 Å². The molecular formula is C15H18N4O4. The summed E-state index contributed by atoms with van der Waals surface area (Å²) in [5, 5.41) is 17.3. The summed E-state index contributed by atoms with van der Waals surface area (Å²) >= 11 is 0. The van der Waals surface area contributed by atoms with Crippen LogP contribution in [0.25, 0.3) is 0 Å². The van der Waals surface area contributed by atoms with Gasteiger partial charge in [-0.05, 0) is 30.9 Å². The number of nitro groups is 1. The number of benzene rings is 1. The van der Waals surface area contributed by atoms with Crippen molar-refractivity contribution in [1.29, 1.82) is 0 Å². The molecule has 1 aromatic carbocycles. The fraction of sp³-hybridized carbons (Fsp3) is 0.333. The van der Waals surface area contributed by atoms with E-state index in [0.29, 0.717) is 36.7 Å². The van der Waals surface area contributed by atoms with E-state index in [1.807, 2.05) is 6.92 Å². The van der Waals surface area contributed by atoms with Crippen LogP contribution in [0.15, 0.2) is 30.3 Å². The predicted octanol–water partition coefficient (Wildman–Crippen LogP) is 1.93. The number of hydrogen-bond acceptors (Lipinski definition) is 5. The maximum atomic E-state index is 12.2. The van der Waals surface area contributed by atoms with Crippen molar-refractivity contribution in [2.75, 3.05) is 13.2 Å². The van der Waals surface area contributed by atoms with Crippen molar-refractivity contribution in [3.05, 3.63) is 51.7 Å². The van der Waals surface area contributed by atoms with Crippen LogP contribution in [-0.2, 0) is 6.54 Å². The van der Waals surface area contributed by atoms with E-state index in [9.17, 15) is 14.9 Å². The van der Waals surface area contributed by atoms with Gasteiger partial charge < -0.3 is 20.2 Å². The Balaban J connectivity index is 1.96. The molecular weight excluding hydrogens is 300 g/mol. The molecule has 0 bridgehead atoms. The minimum atomic E-state index is -0.541. The van der Waals surface area contributed by atoms with Crippen molar-refractivity contribution in [3.8, 4) is 5.75 Å². The Morgan fingerprint density at radius 1 is 1.43 bits per heavy atom. The molecule has 122 valence electrons. The molecule has 1 heterocycles. The zero-order valence-corrected chi connectivity index (χ0v) is 13.0. The maximum absolute atomic E-state index is 12.2. The van der Waals surface area contributed by atoms with Crippen LogP contribution in [-0.4, -0.2) is 33.8 Å². The molecule has 0 fully saturated rings. The van der Waals surface area contributed by atoms with E-state index in [-0.39, 0.29) is 11.7 Å². The van der Waals surface area contributed by atoms with Gasteiger partial charge in [-0.1, -0.05) is 12.1 Å². The van der Waals surface area contributed by atoms with E-state index in [2.05, 4.69) is 10.4 Å². The van der Waals surface area contributed by atoms with E-state index in [1.54, 1.807) is 31.2 Å². The number of nitrogens with one attached hydrogen (secondary N) is 1. The smallest absolute Gasteiger partial charge is 0.390 e. The first-order valence-electron chi connectivity index (χ1n) is 7.21. The molecule has 0 aliphatic heterocycles. The van der Waals surface area contributed by atoms with Crippen molar-refractivity contribution >= 4 is 11.7 Å². The van der Waals surface area contributed by atoms with Gasteiger partial charge in [0.25, 0.3) is 5.91 Å².